The summed E-state index contributed by atoms with van der Waals surface area (Å²) in [6.45, 7) is 4.61. The van der Waals surface area contributed by atoms with Crippen molar-refractivity contribution in [3.05, 3.63) is 30.1 Å². The van der Waals surface area contributed by atoms with Crippen molar-refractivity contribution >= 4 is 0 Å². The third kappa shape index (κ3) is 19.5. The first kappa shape index (κ1) is 31.2. The van der Waals surface area contributed by atoms with Gasteiger partial charge in [-0.05, 0) is 25.0 Å². The van der Waals surface area contributed by atoms with Crippen LogP contribution in [0.25, 0.3) is 0 Å². The lowest BCUT2D eigenvalue weighted by molar-refractivity contribution is 0.474. The van der Waals surface area contributed by atoms with Crippen LogP contribution in [0.5, 0.6) is 0 Å². The second kappa shape index (κ2) is 25.2. The average Bonchev–Trinajstić information content (AvgIpc) is 2.87. The third-order valence-corrected chi connectivity index (χ3v) is 7.67. The lowest BCUT2D eigenvalue weighted by atomic mass is 9.91. The van der Waals surface area contributed by atoms with Gasteiger partial charge in [-0.2, -0.15) is 0 Å². The van der Waals surface area contributed by atoms with Crippen molar-refractivity contribution in [3.8, 4) is 0 Å². The Kier molecular flexibility index (Phi) is 23.2. The number of hydrogen-bond acceptors (Lipinski definition) is 1. The number of unbranched alkanes of at least 4 members (excludes halogenated alkanes) is 21. The van der Waals surface area contributed by atoms with Gasteiger partial charge in [0.15, 0.2) is 0 Å². The average molecular weight is 472 g/mol. The molecule has 198 valence electrons. The van der Waals surface area contributed by atoms with E-state index in [9.17, 15) is 0 Å². The Morgan fingerprint density at radius 3 is 1.15 bits per heavy atom. The molecule has 0 radical (unpaired) electrons. The summed E-state index contributed by atoms with van der Waals surface area (Å²) in [4.78, 5) is 4.72. The highest BCUT2D eigenvalue weighted by Crippen LogP contribution is 2.27. The van der Waals surface area contributed by atoms with Crippen molar-refractivity contribution in [2.45, 2.75) is 180 Å². The minimum Gasteiger partial charge on any atom is -0.261 e. The maximum Gasteiger partial charge on any atom is 0.0434 e. The van der Waals surface area contributed by atoms with Crippen LogP contribution in [0.15, 0.2) is 24.4 Å². The highest BCUT2D eigenvalue weighted by Gasteiger charge is 2.12. The molecule has 0 N–H and O–H groups in total. The van der Waals surface area contributed by atoms with Crippen LogP contribution in [-0.2, 0) is 0 Å². The van der Waals surface area contributed by atoms with Crippen molar-refractivity contribution in [3.63, 3.8) is 0 Å². The Bertz CT molecular complexity index is 497. The van der Waals surface area contributed by atoms with Gasteiger partial charge in [0.1, 0.15) is 0 Å². The second-order valence-corrected chi connectivity index (χ2v) is 11.0. The minimum atomic E-state index is 0.683. The van der Waals surface area contributed by atoms with E-state index in [2.05, 4.69) is 32.0 Å². The van der Waals surface area contributed by atoms with Crippen LogP contribution in [0.2, 0.25) is 0 Å². The molecule has 0 aromatic carbocycles. The lowest BCUT2D eigenvalue weighted by Gasteiger charge is -2.16. The van der Waals surface area contributed by atoms with Crippen LogP contribution in [0.4, 0.5) is 0 Å². The van der Waals surface area contributed by atoms with Gasteiger partial charge >= 0.3 is 0 Å². The van der Waals surface area contributed by atoms with Crippen molar-refractivity contribution in [2.24, 2.45) is 0 Å². The maximum atomic E-state index is 4.72. The summed E-state index contributed by atoms with van der Waals surface area (Å²) >= 11 is 0. The molecule has 1 rings (SSSR count). The summed E-state index contributed by atoms with van der Waals surface area (Å²) in [5.41, 5.74) is 1.34. The van der Waals surface area contributed by atoms with Crippen LogP contribution >= 0.6 is 0 Å². The molecule has 34 heavy (non-hydrogen) atoms. The standard InChI is InChI=1S/C33H61N/c1-3-5-7-9-11-13-15-16-17-19-21-23-25-29-32(33-30-26-27-31-34-33)28-24-22-20-18-14-12-10-8-6-4-2/h26-27,30-32H,3-25,28-29H2,1-2H3. The zero-order valence-corrected chi connectivity index (χ0v) is 23.5. The molecule has 0 saturated heterocycles. The van der Waals surface area contributed by atoms with Gasteiger partial charge in [-0.3, -0.25) is 4.98 Å². The number of hydrogen-bond donors (Lipinski definition) is 0. The fraction of sp³-hybridized carbons (Fsp3) is 0.848. The van der Waals surface area contributed by atoms with Crippen LogP contribution in [0.1, 0.15) is 186 Å². The molecule has 0 amide bonds. The van der Waals surface area contributed by atoms with Crippen molar-refractivity contribution < 1.29 is 0 Å². The summed E-state index contributed by atoms with van der Waals surface area (Å²) < 4.78 is 0. The molecule has 1 unspecified atom stereocenters. The molecule has 0 saturated carbocycles. The number of aromatic nitrogens is 1. The monoisotopic (exact) mass is 471 g/mol. The molecular weight excluding hydrogens is 410 g/mol. The van der Waals surface area contributed by atoms with E-state index >= 15 is 0 Å². The first-order valence-electron chi connectivity index (χ1n) is 15.8. The van der Waals surface area contributed by atoms with Crippen molar-refractivity contribution in [1.82, 2.24) is 4.98 Å². The summed E-state index contributed by atoms with van der Waals surface area (Å²) in [5.74, 6) is 0.683. The van der Waals surface area contributed by atoms with Crippen LogP contribution < -0.4 is 0 Å². The van der Waals surface area contributed by atoms with Gasteiger partial charge in [0.05, 0.1) is 0 Å². The second-order valence-electron chi connectivity index (χ2n) is 11.0. The fourth-order valence-corrected chi connectivity index (χ4v) is 5.34. The number of rotatable bonds is 26. The zero-order chi connectivity index (χ0) is 24.4. The zero-order valence-electron chi connectivity index (χ0n) is 23.5. The van der Waals surface area contributed by atoms with Gasteiger partial charge in [-0.25, -0.2) is 0 Å². The molecule has 1 heterocycles. The van der Waals surface area contributed by atoms with Gasteiger partial charge in [-0.15, -0.1) is 0 Å². The summed E-state index contributed by atoms with van der Waals surface area (Å²) in [5, 5.41) is 0. The SMILES string of the molecule is CCCCCCCCCCCCCCCC(CCCCCCCCCCCC)c1ccccn1. The molecule has 1 atom stereocenters. The van der Waals surface area contributed by atoms with E-state index in [0.29, 0.717) is 5.92 Å². The van der Waals surface area contributed by atoms with E-state index in [4.69, 9.17) is 4.98 Å². The minimum absolute atomic E-state index is 0.683. The van der Waals surface area contributed by atoms with Gasteiger partial charge in [0, 0.05) is 17.8 Å². The van der Waals surface area contributed by atoms with E-state index in [1.54, 1.807) is 0 Å². The Balaban J connectivity index is 2.04. The van der Waals surface area contributed by atoms with Crippen LogP contribution in [-0.4, -0.2) is 4.98 Å². The largest absolute Gasteiger partial charge is 0.261 e. The molecule has 0 bridgehead atoms. The molecule has 0 aliphatic carbocycles. The molecule has 1 aromatic rings. The Labute approximate surface area is 215 Å². The smallest absolute Gasteiger partial charge is 0.0434 e. The van der Waals surface area contributed by atoms with Gasteiger partial charge in [0.25, 0.3) is 0 Å². The van der Waals surface area contributed by atoms with E-state index in [0.717, 1.165) is 0 Å². The molecule has 1 heteroatoms. The van der Waals surface area contributed by atoms with Crippen LogP contribution in [0, 0.1) is 0 Å². The fourth-order valence-electron chi connectivity index (χ4n) is 5.34. The Morgan fingerprint density at radius 1 is 0.471 bits per heavy atom. The highest BCUT2D eigenvalue weighted by atomic mass is 14.7. The first-order chi connectivity index (χ1) is 16.9. The molecule has 0 fully saturated rings. The lowest BCUT2D eigenvalue weighted by Crippen LogP contribution is -2.02. The first-order valence-corrected chi connectivity index (χ1v) is 15.8. The van der Waals surface area contributed by atoms with E-state index in [1.165, 1.54) is 166 Å². The summed E-state index contributed by atoms with van der Waals surface area (Å²) in [6.07, 6.45) is 37.6. The quantitative estimate of drug-likeness (QED) is 0.122. The van der Waals surface area contributed by atoms with Crippen LogP contribution in [0.3, 0.4) is 0 Å². The maximum absolute atomic E-state index is 4.72. The van der Waals surface area contributed by atoms with Gasteiger partial charge in [-0.1, -0.05) is 168 Å². The van der Waals surface area contributed by atoms with Crippen molar-refractivity contribution in [1.29, 1.82) is 0 Å². The van der Waals surface area contributed by atoms with Gasteiger partial charge < -0.3 is 0 Å². The predicted octanol–water partition coefficient (Wildman–Crippen LogP) is 12.0. The van der Waals surface area contributed by atoms with Gasteiger partial charge in [0.2, 0.25) is 0 Å². The topological polar surface area (TPSA) is 12.9 Å². The Morgan fingerprint density at radius 2 is 0.824 bits per heavy atom. The number of nitrogens with zero attached hydrogens (tertiary/aromatic N) is 1. The Hall–Kier alpha value is -0.850. The number of pyridine rings is 1. The van der Waals surface area contributed by atoms with Crippen molar-refractivity contribution in [2.75, 3.05) is 0 Å². The van der Waals surface area contributed by atoms with E-state index in [1.807, 2.05) is 6.20 Å². The van der Waals surface area contributed by atoms with E-state index < -0.39 is 0 Å². The van der Waals surface area contributed by atoms with E-state index in [-0.39, 0.29) is 0 Å². The third-order valence-electron chi connectivity index (χ3n) is 7.67. The molecule has 1 nitrogen and oxygen atoms in total. The molecular formula is C33H61N. The predicted molar refractivity (Wildman–Crippen MR) is 154 cm³/mol. The molecule has 0 aliphatic heterocycles. The molecule has 0 spiro atoms. The normalized spacial score (nSPS) is 12.3. The highest BCUT2D eigenvalue weighted by molar-refractivity contribution is 5.09. The summed E-state index contributed by atoms with van der Waals surface area (Å²) in [6, 6.07) is 6.51. The summed E-state index contributed by atoms with van der Waals surface area (Å²) in [7, 11) is 0. The molecule has 1 aromatic heterocycles. The molecule has 0 aliphatic rings.